The molecule has 1 aliphatic heterocycles. The fraction of sp³-hybridized carbons (Fsp3) is 1.00. The van der Waals surface area contributed by atoms with Crippen LogP contribution in [0.3, 0.4) is 0 Å². The first-order chi connectivity index (χ1) is 6.41. The van der Waals surface area contributed by atoms with Gasteiger partial charge in [0.15, 0.2) is 0 Å². The van der Waals surface area contributed by atoms with E-state index in [2.05, 4.69) is 32.6 Å². The monoisotopic (exact) mass is 198 g/mol. The van der Waals surface area contributed by atoms with Crippen molar-refractivity contribution in [1.29, 1.82) is 0 Å². The molecular formula is C12H26N2. The standard InChI is InChI=1S/C12H26N2/c1-10(11(2)13)9-14-7-5-12(3,4)6-8-14/h10-11H,5-9,13H2,1-4H3. The van der Waals surface area contributed by atoms with E-state index in [1.54, 1.807) is 0 Å². The first-order valence-electron chi connectivity index (χ1n) is 5.89. The molecule has 1 heterocycles. The summed E-state index contributed by atoms with van der Waals surface area (Å²) in [6, 6.07) is 0.324. The lowest BCUT2D eigenvalue weighted by atomic mass is 9.82. The van der Waals surface area contributed by atoms with Gasteiger partial charge >= 0.3 is 0 Å². The van der Waals surface area contributed by atoms with Crippen molar-refractivity contribution in [3.05, 3.63) is 0 Å². The molecule has 0 radical (unpaired) electrons. The second-order valence-corrected chi connectivity index (χ2v) is 5.80. The quantitative estimate of drug-likeness (QED) is 0.752. The van der Waals surface area contributed by atoms with Gasteiger partial charge in [-0.2, -0.15) is 0 Å². The van der Waals surface area contributed by atoms with Crippen molar-refractivity contribution in [3.8, 4) is 0 Å². The van der Waals surface area contributed by atoms with Crippen LogP contribution < -0.4 is 5.73 Å². The average Bonchev–Trinajstić information content (AvgIpc) is 2.08. The molecule has 0 aromatic carbocycles. The van der Waals surface area contributed by atoms with Gasteiger partial charge in [-0.25, -0.2) is 0 Å². The summed E-state index contributed by atoms with van der Waals surface area (Å²) < 4.78 is 0. The van der Waals surface area contributed by atoms with Crippen LogP contribution in [-0.2, 0) is 0 Å². The molecule has 0 bridgehead atoms. The zero-order valence-corrected chi connectivity index (χ0v) is 10.2. The second-order valence-electron chi connectivity index (χ2n) is 5.80. The van der Waals surface area contributed by atoms with Crippen molar-refractivity contribution in [2.24, 2.45) is 17.1 Å². The minimum atomic E-state index is 0.324. The van der Waals surface area contributed by atoms with Crippen molar-refractivity contribution >= 4 is 0 Å². The minimum Gasteiger partial charge on any atom is -0.328 e. The van der Waals surface area contributed by atoms with Crippen LogP contribution in [0.5, 0.6) is 0 Å². The van der Waals surface area contributed by atoms with Gasteiger partial charge < -0.3 is 10.6 Å². The molecule has 0 spiro atoms. The topological polar surface area (TPSA) is 29.3 Å². The number of nitrogens with zero attached hydrogens (tertiary/aromatic N) is 1. The molecule has 2 nitrogen and oxygen atoms in total. The van der Waals surface area contributed by atoms with Crippen LogP contribution in [0.2, 0.25) is 0 Å². The highest BCUT2D eigenvalue weighted by molar-refractivity contribution is 4.80. The van der Waals surface area contributed by atoms with Crippen molar-refractivity contribution in [1.82, 2.24) is 4.90 Å². The third-order valence-corrected chi connectivity index (χ3v) is 3.65. The van der Waals surface area contributed by atoms with E-state index in [0.29, 0.717) is 17.4 Å². The third kappa shape index (κ3) is 3.58. The van der Waals surface area contributed by atoms with Gasteiger partial charge in [0.05, 0.1) is 0 Å². The summed E-state index contributed by atoms with van der Waals surface area (Å²) in [7, 11) is 0. The Labute approximate surface area is 88.8 Å². The Hall–Kier alpha value is -0.0800. The number of nitrogens with two attached hydrogens (primary N) is 1. The average molecular weight is 198 g/mol. The highest BCUT2D eigenvalue weighted by Gasteiger charge is 2.26. The first-order valence-corrected chi connectivity index (χ1v) is 5.89. The molecule has 0 aliphatic carbocycles. The van der Waals surface area contributed by atoms with E-state index >= 15 is 0 Å². The highest BCUT2D eigenvalue weighted by Crippen LogP contribution is 2.29. The molecule has 84 valence electrons. The first kappa shape index (κ1) is 12.0. The molecule has 2 unspecified atom stereocenters. The Balaban J connectivity index is 2.29. The number of hydrogen-bond acceptors (Lipinski definition) is 2. The largest absolute Gasteiger partial charge is 0.328 e. The van der Waals surface area contributed by atoms with Crippen LogP contribution in [0.1, 0.15) is 40.5 Å². The van der Waals surface area contributed by atoms with E-state index in [9.17, 15) is 0 Å². The highest BCUT2D eigenvalue weighted by atomic mass is 15.1. The summed E-state index contributed by atoms with van der Waals surface area (Å²) >= 11 is 0. The van der Waals surface area contributed by atoms with Gasteiger partial charge in [0.25, 0.3) is 0 Å². The number of piperidine rings is 1. The summed E-state index contributed by atoms with van der Waals surface area (Å²) in [6.07, 6.45) is 2.66. The van der Waals surface area contributed by atoms with Gasteiger partial charge in [-0.05, 0) is 44.2 Å². The maximum Gasteiger partial charge on any atom is 0.00483 e. The number of likely N-dealkylation sites (tertiary alicyclic amines) is 1. The summed E-state index contributed by atoms with van der Waals surface area (Å²) in [5.74, 6) is 0.621. The molecular weight excluding hydrogens is 172 g/mol. The Morgan fingerprint density at radius 2 is 1.71 bits per heavy atom. The SMILES string of the molecule is CC(N)C(C)CN1CCC(C)(C)CC1. The second kappa shape index (κ2) is 4.63. The molecule has 2 atom stereocenters. The van der Waals surface area contributed by atoms with Gasteiger partial charge in [0, 0.05) is 12.6 Å². The lowest BCUT2D eigenvalue weighted by Crippen LogP contribution is -2.42. The van der Waals surface area contributed by atoms with Crippen LogP contribution in [0.25, 0.3) is 0 Å². The Bertz CT molecular complexity index is 165. The maximum atomic E-state index is 5.88. The van der Waals surface area contributed by atoms with Crippen LogP contribution in [-0.4, -0.2) is 30.6 Å². The lowest BCUT2D eigenvalue weighted by molar-refractivity contribution is 0.116. The normalized spacial score (nSPS) is 27.2. The summed E-state index contributed by atoms with van der Waals surface area (Å²) in [5, 5.41) is 0. The third-order valence-electron chi connectivity index (χ3n) is 3.65. The van der Waals surface area contributed by atoms with Gasteiger partial charge in [0.1, 0.15) is 0 Å². The molecule has 1 fully saturated rings. The summed E-state index contributed by atoms with van der Waals surface area (Å²) in [5.41, 5.74) is 6.44. The van der Waals surface area contributed by atoms with Gasteiger partial charge in [-0.1, -0.05) is 20.8 Å². The van der Waals surface area contributed by atoms with Crippen LogP contribution in [0.4, 0.5) is 0 Å². The molecule has 14 heavy (non-hydrogen) atoms. The molecule has 2 N–H and O–H groups in total. The van der Waals surface area contributed by atoms with E-state index in [1.165, 1.54) is 32.5 Å². The van der Waals surface area contributed by atoms with Crippen molar-refractivity contribution in [2.75, 3.05) is 19.6 Å². The van der Waals surface area contributed by atoms with Crippen molar-refractivity contribution in [3.63, 3.8) is 0 Å². The van der Waals surface area contributed by atoms with E-state index in [0.717, 1.165) is 0 Å². The van der Waals surface area contributed by atoms with Gasteiger partial charge in [-0.3, -0.25) is 0 Å². The minimum absolute atomic E-state index is 0.324. The van der Waals surface area contributed by atoms with Gasteiger partial charge in [-0.15, -0.1) is 0 Å². The van der Waals surface area contributed by atoms with Crippen LogP contribution in [0.15, 0.2) is 0 Å². The Morgan fingerprint density at radius 3 is 2.14 bits per heavy atom. The van der Waals surface area contributed by atoms with Crippen LogP contribution in [0, 0.1) is 11.3 Å². The zero-order valence-electron chi connectivity index (χ0n) is 10.2. The smallest absolute Gasteiger partial charge is 0.00483 e. The summed E-state index contributed by atoms with van der Waals surface area (Å²) in [6.45, 7) is 12.8. The van der Waals surface area contributed by atoms with E-state index < -0.39 is 0 Å². The Morgan fingerprint density at radius 1 is 1.21 bits per heavy atom. The lowest BCUT2D eigenvalue weighted by Gasteiger charge is -2.38. The summed E-state index contributed by atoms with van der Waals surface area (Å²) in [4.78, 5) is 2.57. The molecule has 1 saturated heterocycles. The molecule has 2 heteroatoms. The Kier molecular flexibility index (Phi) is 3.96. The van der Waals surface area contributed by atoms with E-state index in [1.807, 2.05) is 0 Å². The number of rotatable bonds is 3. The fourth-order valence-corrected chi connectivity index (χ4v) is 1.91. The fourth-order valence-electron chi connectivity index (χ4n) is 1.91. The molecule has 0 aromatic rings. The van der Waals surface area contributed by atoms with Gasteiger partial charge in [0.2, 0.25) is 0 Å². The number of hydrogen-bond donors (Lipinski definition) is 1. The van der Waals surface area contributed by atoms with Crippen LogP contribution >= 0.6 is 0 Å². The molecule has 1 rings (SSSR count). The molecule has 0 amide bonds. The van der Waals surface area contributed by atoms with Crippen molar-refractivity contribution in [2.45, 2.75) is 46.6 Å². The van der Waals surface area contributed by atoms with E-state index in [4.69, 9.17) is 5.73 Å². The molecule has 1 aliphatic rings. The molecule has 0 saturated carbocycles. The van der Waals surface area contributed by atoms with Crippen molar-refractivity contribution < 1.29 is 0 Å². The van der Waals surface area contributed by atoms with E-state index in [-0.39, 0.29) is 0 Å². The zero-order chi connectivity index (χ0) is 10.8. The molecule has 0 aromatic heterocycles. The predicted octanol–water partition coefficient (Wildman–Crippen LogP) is 2.09. The predicted molar refractivity (Wildman–Crippen MR) is 62.3 cm³/mol. The maximum absolute atomic E-state index is 5.88.